The predicted octanol–water partition coefficient (Wildman–Crippen LogP) is 7.09. The molecule has 0 N–H and O–H groups in total. The van der Waals surface area contributed by atoms with Gasteiger partial charge in [-0.2, -0.15) is 0 Å². The fraction of sp³-hybridized carbons (Fsp3) is 0.458. The minimum Gasteiger partial charge on any atom is -0.242 e. The van der Waals surface area contributed by atoms with Gasteiger partial charge in [-0.3, -0.25) is 0 Å². The maximum atomic E-state index is 5.21. The van der Waals surface area contributed by atoms with E-state index in [2.05, 4.69) is 38.1 Å². The van der Waals surface area contributed by atoms with E-state index in [1.807, 2.05) is 11.3 Å². The lowest BCUT2D eigenvalue weighted by atomic mass is 9.80. The van der Waals surface area contributed by atoms with Crippen molar-refractivity contribution in [1.29, 1.82) is 0 Å². The van der Waals surface area contributed by atoms with E-state index in [0.717, 1.165) is 12.3 Å². The van der Waals surface area contributed by atoms with Crippen LogP contribution in [0.25, 0.3) is 21.3 Å². The van der Waals surface area contributed by atoms with Crippen molar-refractivity contribution in [3.63, 3.8) is 0 Å². The zero-order chi connectivity index (χ0) is 17.7. The summed E-state index contributed by atoms with van der Waals surface area (Å²) in [7, 11) is 0. The van der Waals surface area contributed by atoms with Crippen LogP contribution in [-0.2, 0) is 25.7 Å². The molecular weight excluding hydrogens is 370 g/mol. The lowest BCUT2D eigenvalue weighted by Crippen LogP contribution is -2.16. The molecule has 2 heterocycles. The molecular formula is C24H28ClNS. The van der Waals surface area contributed by atoms with E-state index < -0.39 is 0 Å². The Morgan fingerprint density at radius 1 is 1.04 bits per heavy atom. The van der Waals surface area contributed by atoms with Gasteiger partial charge < -0.3 is 0 Å². The van der Waals surface area contributed by atoms with Gasteiger partial charge in [0, 0.05) is 16.0 Å². The van der Waals surface area contributed by atoms with Crippen molar-refractivity contribution in [2.75, 3.05) is 0 Å². The molecule has 0 fully saturated rings. The number of thiophene rings is 1. The molecule has 5 rings (SSSR count). The number of nitrogens with zero attached hydrogens (tertiary/aromatic N) is 1. The summed E-state index contributed by atoms with van der Waals surface area (Å²) in [6.07, 6.45) is 10.1. The SMILES string of the molecule is CCC1CCc2nc3sc4c(c3c(-c3ccc(C)cc3)c2C1)CCCC4.Cl. The number of rotatable bonds is 2. The Labute approximate surface area is 172 Å². The Balaban J connectivity index is 0.00000180. The number of hydrogen-bond acceptors (Lipinski definition) is 2. The number of hydrogen-bond donors (Lipinski definition) is 0. The molecule has 2 aliphatic carbocycles. The Bertz CT molecular complexity index is 970. The first kappa shape index (κ1) is 19.0. The first-order chi connectivity index (χ1) is 12.7. The Kier molecular flexibility index (Phi) is 5.31. The van der Waals surface area contributed by atoms with Crippen molar-refractivity contribution >= 4 is 34.0 Å². The van der Waals surface area contributed by atoms with Crippen molar-refractivity contribution < 1.29 is 0 Å². The summed E-state index contributed by atoms with van der Waals surface area (Å²) in [6, 6.07) is 9.22. The van der Waals surface area contributed by atoms with E-state index in [1.165, 1.54) is 77.5 Å². The first-order valence-corrected chi connectivity index (χ1v) is 11.1. The quantitative estimate of drug-likeness (QED) is 0.449. The molecule has 3 heteroatoms. The van der Waals surface area contributed by atoms with Crippen LogP contribution in [0.1, 0.15) is 59.9 Å². The third-order valence-electron chi connectivity index (χ3n) is 6.49. The average molecular weight is 398 g/mol. The normalized spacial score (nSPS) is 18.7. The summed E-state index contributed by atoms with van der Waals surface area (Å²) in [5.74, 6) is 0.820. The minimum absolute atomic E-state index is 0. The standard InChI is InChI=1S/C24H27NS.ClH/c1-3-16-10-13-20-19(14-16)22(17-11-8-15(2)9-12-17)23-18-6-4-5-7-21(18)26-24(23)25-20;/h8-9,11-12,16H,3-7,10,13-14H2,1-2H3;1H. The predicted molar refractivity (Wildman–Crippen MR) is 119 cm³/mol. The lowest BCUT2D eigenvalue weighted by Gasteiger charge is -2.26. The van der Waals surface area contributed by atoms with E-state index in [-0.39, 0.29) is 12.4 Å². The summed E-state index contributed by atoms with van der Waals surface area (Å²) < 4.78 is 0. The highest BCUT2D eigenvalue weighted by Crippen LogP contribution is 2.45. The molecule has 0 amide bonds. The zero-order valence-electron chi connectivity index (χ0n) is 16.3. The summed E-state index contributed by atoms with van der Waals surface area (Å²) in [5.41, 5.74) is 8.85. The molecule has 3 aromatic rings. The van der Waals surface area contributed by atoms with Gasteiger partial charge in [0.05, 0.1) is 0 Å². The van der Waals surface area contributed by atoms with Crippen molar-refractivity contribution in [1.82, 2.24) is 4.98 Å². The van der Waals surface area contributed by atoms with Gasteiger partial charge in [0.1, 0.15) is 4.83 Å². The average Bonchev–Trinajstić information content (AvgIpc) is 3.04. The van der Waals surface area contributed by atoms with Crippen LogP contribution in [0.5, 0.6) is 0 Å². The van der Waals surface area contributed by atoms with Gasteiger partial charge in [-0.1, -0.05) is 43.2 Å². The van der Waals surface area contributed by atoms with Crippen molar-refractivity contribution in [3.05, 3.63) is 51.5 Å². The second-order valence-corrected chi connectivity index (χ2v) is 9.27. The van der Waals surface area contributed by atoms with Gasteiger partial charge in [0.25, 0.3) is 0 Å². The van der Waals surface area contributed by atoms with Gasteiger partial charge in [-0.15, -0.1) is 23.7 Å². The molecule has 1 nitrogen and oxygen atoms in total. The van der Waals surface area contributed by atoms with Gasteiger partial charge in [-0.25, -0.2) is 4.98 Å². The molecule has 0 saturated carbocycles. The van der Waals surface area contributed by atoms with Gasteiger partial charge >= 0.3 is 0 Å². The van der Waals surface area contributed by atoms with Crippen LogP contribution in [0.2, 0.25) is 0 Å². The van der Waals surface area contributed by atoms with Gasteiger partial charge in [-0.05, 0) is 80.0 Å². The third kappa shape index (κ3) is 3.21. The van der Waals surface area contributed by atoms with Gasteiger partial charge in [0.2, 0.25) is 0 Å². The monoisotopic (exact) mass is 397 g/mol. The second kappa shape index (κ2) is 7.56. The van der Waals surface area contributed by atoms with Crippen LogP contribution in [0.3, 0.4) is 0 Å². The number of aromatic nitrogens is 1. The first-order valence-electron chi connectivity index (χ1n) is 10.3. The summed E-state index contributed by atoms with van der Waals surface area (Å²) >= 11 is 1.98. The van der Waals surface area contributed by atoms with Crippen molar-refractivity contribution in [2.45, 2.75) is 65.2 Å². The third-order valence-corrected chi connectivity index (χ3v) is 7.67. The van der Waals surface area contributed by atoms with E-state index in [1.54, 1.807) is 16.0 Å². The molecule has 142 valence electrons. The van der Waals surface area contributed by atoms with Crippen LogP contribution in [-0.4, -0.2) is 4.98 Å². The smallest absolute Gasteiger partial charge is 0.124 e. The van der Waals surface area contributed by atoms with Crippen LogP contribution in [0, 0.1) is 12.8 Å². The summed E-state index contributed by atoms with van der Waals surface area (Å²) in [4.78, 5) is 8.13. The second-order valence-electron chi connectivity index (χ2n) is 8.19. The fourth-order valence-electron chi connectivity index (χ4n) is 4.92. The highest BCUT2D eigenvalue weighted by atomic mass is 35.5. The minimum atomic E-state index is 0. The maximum Gasteiger partial charge on any atom is 0.124 e. The summed E-state index contributed by atoms with van der Waals surface area (Å²) in [6.45, 7) is 4.53. The van der Waals surface area contributed by atoms with E-state index in [0.29, 0.717) is 0 Å². The molecule has 0 bridgehead atoms. The molecule has 0 aliphatic heterocycles. The Hall–Kier alpha value is -1.38. The lowest BCUT2D eigenvalue weighted by molar-refractivity contribution is 0.441. The van der Waals surface area contributed by atoms with Crippen LogP contribution in [0.4, 0.5) is 0 Å². The molecule has 0 spiro atoms. The van der Waals surface area contributed by atoms with Crippen molar-refractivity contribution in [2.24, 2.45) is 5.92 Å². The molecule has 0 saturated heterocycles. The van der Waals surface area contributed by atoms with E-state index in [4.69, 9.17) is 4.98 Å². The fourth-order valence-corrected chi connectivity index (χ4v) is 6.21. The molecule has 27 heavy (non-hydrogen) atoms. The van der Waals surface area contributed by atoms with Crippen LogP contribution >= 0.6 is 23.7 Å². The largest absolute Gasteiger partial charge is 0.242 e. The molecule has 2 aliphatic rings. The van der Waals surface area contributed by atoms with Crippen molar-refractivity contribution in [3.8, 4) is 11.1 Å². The molecule has 2 aromatic heterocycles. The van der Waals surface area contributed by atoms with E-state index >= 15 is 0 Å². The topological polar surface area (TPSA) is 12.9 Å². The molecule has 0 radical (unpaired) electrons. The highest BCUT2D eigenvalue weighted by molar-refractivity contribution is 7.19. The molecule has 1 atom stereocenters. The van der Waals surface area contributed by atoms with Crippen LogP contribution < -0.4 is 0 Å². The van der Waals surface area contributed by atoms with E-state index in [9.17, 15) is 0 Å². The number of benzene rings is 1. The molecule has 1 unspecified atom stereocenters. The highest BCUT2D eigenvalue weighted by Gasteiger charge is 2.27. The molecule has 1 aromatic carbocycles. The number of aryl methyl sites for hydroxylation is 4. The maximum absolute atomic E-state index is 5.21. The number of pyridine rings is 1. The zero-order valence-corrected chi connectivity index (χ0v) is 17.9. The van der Waals surface area contributed by atoms with Crippen LogP contribution in [0.15, 0.2) is 24.3 Å². The Morgan fingerprint density at radius 2 is 1.81 bits per heavy atom. The summed E-state index contributed by atoms with van der Waals surface area (Å²) in [5, 5.41) is 1.50. The van der Waals surface area contributed by atoms with Gasteiger partial charge in [0.15, 0.2) is 0 Å². The number of halogens is 1. The Morgan fingerprint density at radius 3 is 2.59 bits per heavy atom. The number of fused-ring (bicyclic) bond motifs is 4.